The summed E-state index contributed by atoms with van der Waals surface area (Å²) in [4.78, 5) is 0. The highest BCUT2D eigenvalue weighted by molar-refractivity contribution is 7.25. The van der Waals surface area contributed by atoms with Crippen molar-refractivity contribution in [2.24, 2.45) is 0 Å². The van der Waals surface area contributed by atoms with Gasteiger partial charge in [0.1, 0.15) is 0 Å². The predicted molar refractivity (Wildman–Crippen MR) is 166 cm³/mol. The fourth-order valence-corrected chi connectivity index (χ4v) is 7.65. The molecule has 9 aromatic rings. The maximum atomic E-state index is 2.50. The molecule has 0 fully saturated rings. The average Bonchev–Trinajstić information content (AvgIpc) is 3.53. The number of benzene rings is 7. The number of aromatic nitrogens is 1. The lowest BCUT2D eigenvalue weighted by Crippen LogP contribution is -1.95. The van der Waals surface area contributed by atoms with Crippen LogP contribution in [0.4, 0.5) is 0 Å². The molecule has 2 aromatic heterocycles. The lowest BCUT2D eigenvalue weighted by Gasteiger charge is -2.14. The minimum absolute atomic E-state index is 1.21. The van der Waals surface area contributed by atoms with Gasteiger partial charge in [0.2, 0.25) is 0 Å². The Morgan fingerprint density at radius 3 is 1.95 bits per heavy atom. The average molecular weight is 500 g/mol. The van der Waals surface area contributed by atoms with Gasteiger partial charge in [0.05, 0.1) is 11.0 Å². The fraction of sp³-hybridized carbons (Fsp3) is 0. The van der Waals surface area contributed by atoms with Crippen LogP contribution in [0.3, 0.4) is 0 Å². The van der Waals surface area contributed by atoms with Crippen LogP contribution >= 0.6 is 11.3 Å². The van der Waals surface area contributed by atoms with E-state index in [2.05, 4.69) is 132 Å². The maximum Gasteiger partial charge on any atom is 0.0626 e. The van der Waals surface area contributed by atoms with Crippen LogP contribution in [0.15, 0.2) is 127 Å². The second-order valence-electron chi connectivity index (χ2n) is 10.1. The van der Waals surface area contributed by atoms with E-state index in [9.17, 15) is 0 Å². The zero-order chi connectivity index (χ0) is 24.8. The zero-order valence-corrected chi connectivity index (χ0v) is 21.3. The third kappa shape index (κ3) is 2.60. The smallest absolute Gasteiger partial charge is 0.0626 e. The Labute approximate surface area is 222 Å². The third-order valence-electron chi connectivity index (χ3n) is 8.14. The van der Waals surface area contributed by atoms with Crippen LogP contribution in [0.2, 0.25) is 0 Å². The number of thiophene rings is 1. The molecular weight excluding hydrogens is 478 g/mol. The van der Waals surface area contributed by atoms with Crippen LogP contribution in [0, 0.1) is 0 Å². The Balaban J connectivity index is 1.55. The van der Waals surface area contributed by atoms with E-state index >= 15 is 0 Å². The zero-order valence-electron chi connectivity index (χ0n) is 20.5. The highest BCUT2D eigenvalue weighted by Gasteiger charge is 2.20. The van der Waals surface area contributed by atoms with Gasteiger partial charge >= 0.3 is 0 Å². The van der Waals surface area contributed by atoms with E-state index in [1.807, 2.05) is 11.3 Å². The Kier molecular flexibility index (Phi) is 3.99. The van der Waals surface area contributed by atoms with Gasteiger partial charge in [-0.2, -0.15) is 0 Å². The van der Waals surface area contributed by atoms with Crippen LogP contribution in [-0.4, -0.2) is 4.57 Å². The van der Waals surface area contributed by atoms with Gasteiger partial charge in [-0.05, 0) is 57.3 Å². The van der Waals surface area contributed by atoms with Gasteiger partial charge in [0, 0.05) is 42.0 Å². The molecule has 2 heterocycles. The van der Waals surface area contributed by atoms with Gasteiger partial charge in [-0.15, -0.1) is 11.3 Å². The summed E-state index contributed by atoms with van der Waals surface area (Å²) < 4.78 is 5.17. The molecule has 7 aromatic carbocycles. The second kappa shape index (κ2) is 7.44. The first-order valence-electron chi connectivity index (χ1n) is 13.0. The molecule has 0 saturated carbocycles. The highest BCUT2D eigenvalue weighted by atomic mass is 32.1. The van der Waals surface area contributed by atoms with Crippen LogP contribution in [0.1, 0.15) is 0 Å². The van der Waals surface area contributed by atoms with E-state index < -0.39 is 0 Å². The van der Waals surface area contributed by atoms with Gasteiger partial charge in [-0.1, -0.05) is 97.1 Å². The van der Waals surface area contributed by atoms with Gasteiger partial charge in [0.15, 0.2) is 0 Å². The van der Waals surface area contributed by atoms with E-state index in [1.165, 1.54) is 80.0 Å². The molecule has 0 N–H and O–H groups in total. The summed E-state index contributed by atoms with van der Waals surface area (Å²) in [7, 11) is 0. The Hall–Kier alpha value is -4.66. The minimum Gasteiger partial charge on any atom is -0.309 e. The first kappa shape index (κ1) is 20.4. The van der Waals surface area contributed by atoms with Crippen molar-refractivity contribution in [1.82, 2.24) is 4.57 Å². The van der Waals surface area contributed by atoms with Crippen molar-refractivity contribution in [2.45, 2.75) is 0 Å². The highest BCUT2D eigenvalue weighted by Crippen LogP contribution is 2.45. The number of fused-ring (bicyclic) bond motifs is 13. The first-order chi connectivity index (χ1) is 18.9. The maximum absolute atomic E-state index is 2.50. The van der Waals surface area contributed by atoms with Crippen molar-refractivity contribution in [2.75, 3.05) is 0 Å². The van der Waals surface area contributed by atoms with Crippen molar-refractivity contribution in [3.63, 3.8) is 0 Å². The molecule has 0 saturated heterocycles. The fourth-order valence-electron chi connectivity index (χ4n) is 6.57. The molecule has 2 heteroatoms. The van der Waals surface area contributed by atoms with E-state index in [-0.39, 0.29) is 0 Å². The molecule has 0 radical (unpaired) electrons. The molecule has 0 aliphatic carbocycles. The molecule has 176 valence electrons. The third-order valence-corrected chi connectivity index (χ3v) is 9.29. The second-order valence-corrected chi connectivity index (χ2v) is 11.2. The van der Waals surface area contributed by atoms with Gasteiger partial charge in [-0.25, -0.2) is 0 Å². The van der Waals surface area contributed by atoms with Crippen LogP contribution in [0.5, 0.6) is 0 Å². The van der Waals surface area contributed by atoms with Crippen molar-refractivity contribution >= 4 is 85.6 Å². The summed E-state index contributed by atoms with van der Waals surface area (Å²) in [5, 5.41) is 13.1. The van der Waals surface area contributed by atoms with Crippen LogP contribution < -0.4 is 0 Å². The van der Waals surface area contributed by atoms with Crippen LogP contribution in [-0.2, 0) is 0 Å². The molecule has 0 bridgehead atoms. The van der Waals surface area contributed by atoms with E-state index in [1.54, 1.807) is 0 Å². The SMILES string of the molecule is c1ccc2c(c1)ccc1c2c2ccccc2c2c3ccccc3n(-c3ccc4sc5ccccc5c4c3)c12. The quantitative estimate of drug-likeness (QED) is 0.198. The molecule has 9 rings (SSSR count). The first-order valence-corrected chi connectivity index (χ1v) is 13.9. The summed E-state index contributed by atoms with van der Waals surface area (Å²) in [5.74, 6) is 0. The topological polar surface area (TPSA) is 4.93 Å². The van der Waals surface area contributed by atoms with E-state index in [4.69, 9.17) is 0 Å². The van der Waals surface area contributed by atoms with Crippen molar-refractivity contribution in [3.05, 3.63) is 127 Å². The predicted octanol–water partition coefficient (Wildman–Crippen LogP) is 10.6. The lowest BCUT2D eigenvalue weighted by atomic mass is 9.93. The Morgan fingerprint density at radius 1 is 0.421 bits per heavy atom. The number of nitrogens with zero attached hydrogens (tertiary/aromatic N) is 1. The van der Waals surface area contributed by atoms with E-state index in [0.29, 0.717) is 0 Å². The molecule has 0 aliphatic heterocycles. The Morgan fingerprint density at radius 2 is 1.08 bits per heavy atom. The van der Waals surface area contributed by atoms with Crippen molar-refractivity contribution in [1.29, 1.82) is 0 Å². The molecule has 1 nitrogen and oxygen atoms in total. The minimum atomic E-state index is 1.21. The summed E-state index contributed by atoms with van der Waals surface area (Å²) >= 11 is 1.87. The number of hydrogen-bond acceptors (Lipinski definition) is 1. The summed E-state index contributed by atoms with van der Waals surface area (Å²) in [6, 6.07) is 47.0. The molecule has 38 heavy (non-hydrogen) atoms. The van der Waals surface area contributed by atoms with Gasteiger partial charge in [0.25, 0.3) is 0 Å². The van der Waals surface area contributed by atoms with Crippen molar-refractivity contribution in [3.8, 4) is 5.69 Å². The summed E-state index contributed by atoms with van der Waals surface area (Å²) in [6.07, 6.45) is 0. The molecule has 0 spiro atoms. The number of hydrogen-bond donors (Lipinski definition) is 0. The monoisotopic (exact) mass is 499 g/mol. The normalized spacial score (nSPS) is 12.2. The van der Waals surface area contributed by atoms with Gasteiger partial charge < -0.3 is 4.57 Å². The van der Waals surface area contributed by atoms with E-state index in [0.717, 1.165) is 0 Å². The summed E-state index contributed by atoms with van der Waals surface area (Å²) in [5.41, 5.74) is 3.73. The Bertz CT molecular complexity index is 2400. The molecule has 0 atom stereocenters. The molecule has 0 amide bonds. The number of para-hydroxylation sites is 1. The standard InChI is InChI=1S/C36H21NS/c1-2-10-24-22(9-1)17-19-29-34(24)26-12-3-4-13-27(26)35-28-14-5-7-15-31(28)37(36(29)35)23-18-20-33-30(21-23)25-11-6-8-16-32(25)38-33/h1-21H. The van der Waals surface area contributed by atoms with Crippen molar-refractivity contribution < 1.29 is 0 Å². The largest absolute Gasteiger partial charge is 0.309 e. The molecule has 0 unspecified atom stereocenters. The summed E-state index contributed by atoms with van der Waals surface area (Å²) in [6.45, 7) is 0. The molecular formula is C36H21NS. The lowest BCUT2D eigenvalue weighted by molar-refractivity contribution is 1.19. The van der Waals surface area contributed by atoms with Gasteiger partial charge in [-0.3, -0.25) is 0 Å². The van der Waals surface area contributed by atoms with Crippen LogP contribution in [0.25, 0.3) is 80.0 Å². The molecule has 0 aliphatic rings. The number of rotatable bonds is 1.